The Morgan fingerprint density at radius 3 is 1.79 bits per heavy atom. The Labute approximate surface area is 413 Å². The van der Waals surface area contributed by atoms with Crippen LogP contribution in [-0.2, 0) is 49.7 Å². The number of aromatic nitrogens is 2. The van der Waals surface area contributed by atoms with Crippen molar-refractivity contribution in [1.82, 2.24) is 31.6 Å². The maximum Gasteiger partial charge on any atom is 0.391 e. The first-order valence-corrected chi connectivity index (χ1v) is 24.0. The van der Waals surface area contributed by atoms with Crippen molar-refractivity contribution in [3.05, 3.63) is 172 Å². The molecule has 1 aromatic heterocycles. The van der Waals surface area contributed by atoms with Crippen LogP contribution in [0.5, 0.6) is 5.75 Å². The lowest BCUT2D eigenvalue weighted by atomic mass is 10.0. The number of hydrogen-bond acceptors (Lipinski definition) is 14. The minimum Gasteiger partial charge on any atom is -0.480 e. The molecule has 0 bridgehead atoms. The van der Waals surface area contributed by atoms with Crippen molar-refractivity contribution in [1.29, 1.82) is 0 Å². The van der Waals surface area contributed by atoms with Crippen LogP contribution in [-0.4, -0.2) is 90.4 Å². The van der Waals surface area contributed by atoms with E-state index in [1.165, 1.54) is 36.4 Å². The maximum atomic E-state index is 14.6. The van der Waals surface area contributed by atoms with Gasteiger partial charge in [0.25, 0.3) is 0 Å². The molecule has 0 aliphatic heterocycles. The predicted octanol–water partition coefficient (Wildman–Crippen LogP) is 5.45. The van der Waals surface area contributed by atoms with Gasteiger partial charge < -0.3 is 46.0 Å². The molecule has 0 saturated heterocycles. The molecule has 4 atom stereocenters. The minimum atomic E-state index is -2.69. The van der Waals surface area contributed by atoms with E-state index in [1.54, 1.807) is 30.3 Å². The first-order chi connectivity index (χ1) is 34.8. The van der Waals surface area contributed by atoms with Gasteiger partial charge in [-0.25, -0.2) is 9.42 Å². The highest BCUT2D eigenvalue weighted by Crippen LogP contribution is 2.30. The van der Waals surface area contributed by atoms with Gasteiger partial charge in [-0.05, 0) is 80.8 Å². The second-order valence-electron chi connectivity index (χ2n) is 16.8. The summed E-state index contributed by atoms with van der Waals surface area (Å²) in [6.07, 6.45) is 0.517. The lowest BCUT2D eigenvalue weighted by Crippen LogP contribution is -2.58. The van der Waals surface area contributed by atoms with Crippen LogP contribution in [0.15, 0.2) is 144 Å². The summed E-state index contributed by atoms with van der Waals surface area (Å²) < 4.78 is 9.66. The number of nitrogens with one attached hydrogen (secondary N) is 5. The Morgan fingerprint density at radius 2 is 1.15 bits per heavy atom. The van der Waals surface area contributed by atoms with Gasteiger partial charge in [0.1, 0.15) is 29.9 Å². The van der Waals surface area contributed by atoms with Crippen LogP contribution >= 0.6 is 8.60 Å². The molecule has 8 N–H and O–H groups in total. The molecule has 21 heteroatoms. The molecular formula is C51H51N8O12P. The van der Waals surface area contributed by atoms with Gasteiger partial charge >= 0.3 is 20.3 Å². The number of nitro benzene ring substituents is 1. The van der Waals surface area contributed by atoms with Gasteiger partial charge in [-0.1, -0.05) is 115 Å². The van der Waals surface area contributed by atoms with Crippen LogP contribution in [0.1, 0.15) is 41.5 Å². The number of carbonyl (C=O) groups is 5. The van der Waals surface area contributed by atoms with Crippen LogP contribution in [0, 0.1) is 10.1 Å². The van der Waals surface area contributed by atoms with E-state index in [2.05, 4.69) is 36.9 Å². The van der Waals surface area contributed by atoms with Crippen molar-refractivity contribution in [3.8, 4) is 5.75 Å². The molecule has 372 valence electrons. The lowest BCUT2D eigenvalue weighted by Gasteiger charge is -2.26. The molecular weight excluding hydrogens is 948 g/mol. The first kappa shape index (κ1) is 51.5. The van der Waals surface area contributed by atoms with E-state index >= 15 is 0 Å². The lowest BCUT2D eigenvalue weighted by molar-refractivity contribution is -0.383. The summed E-state index contributed by atoms with van der Waals surface area (Å²) in [5.74, 6) is -3.90. The molecule has 0 spiro atoms. The molecule has 72 heavy (non-hydrogen) atoms. The molecule has 20 nitrogen and oxygen atoms in total. The largest absolute Gasteiger partial charge is 0.480 e. The molecule has 1 heterocycles. The Kier molecular flexibility index (Phi) is 17.9. The van der Waals surface area contributed by atoms with Crippen LogP contribution in [0.4, 0.5) is 11.4 Å². The fraction of sp³-hybridized carbons (Fsp3) is 0.235. The summed E-state index contributed by atoms with van der Waals surface area (Å²) in [4.78, 5) is 98.8. The van der Waals surface area contributed by atoms with E-state index in [0.717, 1.165) is 21.9 Å². The number of carboxylic acids is 1. The third-order valence-electron chi connectivity index (χ3n) is 11.7. The van der Waals surface area contributed by atoms with Crippen LogP contribution in [0.2, 0.25) is 0 Å². The summed E-state index contributed by atoms with van der Waals surface area (Å²) in [7, 11) is -2.69. The molecule has 0 radical (unpaired) electrons. The number of unbranched alkanes of at least 4 members (excludes halogenated alkanes) is 1. The standard InChI is InChI=1S/C51H51N8O12P/c60-45(31-35-18-21-36-15-7-8-16-37(36)27-35)53-41(28-32-11-3-1-4-12-32)49(62)55-42(29-33-13-5-2-6-14-33)50(63)54-40(17-9-10-26-52-39-24-25-44(59(66)67)47-46(39)57-71-58-47)48(61)56-43(51(64)65)30-34-19-22-38(23-20-34)70-72(68)69/h1-8,11-16,18-25,27,40-43,52,68-69H,9-10,17,26,28-31H2,(H,53,60)(H,54,63)(H,55,62)(H,56,61)(H,64,65)/t40-,41-,42-,43-/m1/s1. The van der Waals surface area contributed by atoms with Crippen molar-refractivity contribution in [2.75, 3.05) is 11.9 Å². The van der Waals surface area contributed by atoms with E-state index in [-0.39, 0.29) is 67.5 Å². The number of fused-ring (bicyclic) bond motifs is 2. The van der Waals surface area contributed by atoms with Gasteiger partial charge in [0, 0.05) is 31.9 Å². The zero-order valence-electron chi connectivity index (χ0n) is 38.6. The molecule has 6 aromatic carbocycles. The van der Waals surface area contributed by atoms with E-state index in [0.29, 0.717) is 23.2 Å². The second kappa shape index (κ2) is 25.0. The Morgan fingerprint density at radius 1 is 0.611 bits per heavy atom. The minimum absolute atomic E-state index is 0.00240. The van der Waals surface area contributed by atoms with E-state index in [4.69, 9.17) is 9.15 Å². The summed E-state index contributed by atoms with van der Waals surface area (Å²) in [5.41, 5.74) is 2.84. The van der Waals surface area contributed by atoms with Gasteiger partial charge in [0.2, 0.25) is 29.1 Å². The smallest absolute Gasteiger partial charge is 0.391 e. The van der Waals surface area contributed by atoms with Gasteiger partial charge in [0.05, 0.1) is 17.0 Å². The average molecular weight is 999 g/mol. The SMILES string of the molecule is O=C(Cc1ccc2ccccc2c1)N[C@H](Cc1ccccc1)C(=O)N[C@H](Cc1ccccc1)C(=O)N[C@H](CCCCNc1ccc([N+](=O)[O-])c2nonc12)C(=O)N[C@H](Cc1ccc(OP(O)O)cc1)C(=O)O. The topological polar surface area (TPSA) is 297 Å². The van der Waals surface area contributed by atoms with Crippen molar-refractivity contribution >= 4 is 71.4 Å². The third-order valence-corrected chi connectivity index (χ3v) is 12.0. The number of aliphatic carboxylic acids is 1. The number of carbonyl (C=O) groups excluding carboxylic acids is 4. The molecule has 0 saturated carbocycles. The Bertz CT molecular complexity index is 3000. The number of nitro groups is 1. The number of amides is 4. The molecule has 0 unspecified atom stereocenters. The molecule has 4 amide bonds. The van der Waals surface area contributed by atoms with E-state index in [1.807, 2.05) is 72.8 Å². The highest BCUT2D eigenvalue weighted by Gasteiger charge is 2.32. The quantitative estimate of drug-likeness (QED) is 0.0153. The van der Waals surface area contributed by atoms with Crippen molar-refractivity contribution in [2.24, 2.45) is 0 Å². The van der Waals surface area contributed by atoms with E-state index < -0.39 is 67.3 Å². The number of nitrogens with zero attached hydrogens (tertiary/aromatic N) is 3. The first-order valence-electron chi connectivity index (χ1n) is 22.9. The van der Waals surface area contributed by atoms with Crippen LogP contribution in [0.3, 0.4) is 0 Å². The molecule has 7 rings (SSSR count). The second-order valence-corrected chi connectivity index (χ2v) is 17.5. The van der Waals surface area contributed by atoms with Crippen molar-refractivity contribution in [2.45, 2.75) is 69.1 Å². The molecule has 0 aliphatic rings. The number of non-ortho nitro benzene ring substituents is 1. The number of rotatable bonds is 25. The monoisotopic (exact) mass is 998 g/mol. The zero-order valence-corrected chi connectivity index (χ0v) is 39.4. The summed E-state index contributed by atoms with van der Waals surface area (Å²) in [6, 6.07) is 34.7. The highest BCUT2D eigenvalue weighted by atomic mass is 31.2. The Hall–Kier alpha value is -8.32. The predicted molar refractivity (Wildman–Crippen MR) is 266 cm³/mol. The third kappa shape index (κ3) is 14.6. The van der Waals surface area contributed by atoms with E-state index in [9.17, 15) is 49.0 Å². The van der Waals surface area contributed by atoms with Crippen LogP contribution < -0.4 is 31.1 Å². The molecule has 0 fully saturated rings. The fourth-order valence-corrected chi connectivity index (χ4v) is 8.35. The summed E-state index contributed by atoms with van der Waals surface area (Å²) in [5, 5.41) is 45.3. The van der Waals surface area contributed by atoms with Crippen LogP contribution in [0.25, 0.3) is 21.8 Å². The molecule has 7 aromatic rings. The number of hydrogen-bond donors (Lipinski definition) is 8. The average Bonchev–Trinajstić information content (AvgIpc) is 3.87. The maximum absolute atomic E-state index is 14.6. The fourth-order valence-electron chi connectivity index (χ4n) is 8.04. The van der Waals surface area contributed by atoms with Gasteiger partial charge in [0.15, 0.2) is 5.52 Å². The number of carboxylic acid groups (broad SMARTS) is 1. The summed E-state index contributed by atoms with van der Waals surface area (Å²) >= 11 is 0. The van der Waals surface area contributed by atoms with Crippen molar-refractivity contribution < 1.29 is 52.9 Å². The molecule has 0 aliphatic carbocycles. The van der Waals surface area contributed by atoms with Gasteiger partial charge in [-0.2, -0.15) is 0 Å². The normalized spacial score (nSPS) is 12.8. The number of anilines is 1. The Balaban J connectivity index is 1.10. The van der Waals surface area contributed by atoms with Gasteiger partial charge in [-0.15, -0.1) is 0 Å². The number of benzene rings is 6. The highest BCUT2D eigenvalue weighted by molar-refractivity contribution is 7.39. The van der Waals surface area contributed by atoms with Gasteiger partial charge in [-0.3, -0.25) is 29.3 Å². The zero-order chi connectivity index (χ0) is 51.0. The summed E-state index contributed by atoms with van der Waals surface area (Å²) in [6.45, 7) is 0.274. The van der Waals surface area contributed by atoms with Crippen molar-refractivity contribution in [3.63, 3.8) is 0 Å².